The summed E-state index contributed by atoms with van der Waals surface area (Å²) in [6.45, 7) is 9.18. The van der Waals surface area contributed by atoms with Crippen molar-refractivity contribution in [3.63, 3.8) is 0 Å². The van der Waals surface area contributed by atoms with Crippen LogP contribution >= 0.6 is 11.3 Å². The summed E-state index contributed by atoms with van der Waals surface area (Å²) in [7, 11) is 0. The monoisotopic (exact) mass is 560 g/mol. The van der Waals surface area contributed by atoms with Gasteiger partial charge < -0.3 is 0 Å². The minimum absolute atomic E-state index is 0.383. The molecule has 204 valence electrons. The molecule has 0 bridgehead atoms. The normalized spacial score (nSPS) is 12.2. The standard InChI is InChI=1S/C39H32N2S/c1-23(2)26-13-9-14-27(24(3)4)36(26)41-35-18-8-7-17-34(35)40-39(41)33-16-10-15-30-32-22-21-29-28-12-6-5-11-25(28)19-20-31(29)37(32)42-38(30)33/h5-24H,1-4H3. The highest BCUT2D eigenvalue weighted by Crippen LogP contribution is 2.45. The van der Waals surface area contributed by atoms with E-state index < -0.39 is 0 Å². The van der Waals surface area contributed by atoms with Crippen molar-refractivity contribution in [2.75, 3.05) is 0 Å². The van der Waals surface area contributed by atoms with Crippen molar-refractivity contribution in [1.29, 1.82) is 0 Å². The van der Waals surface area contributed by atoms with Gasteiger partial charge in [-0.15, -0.1) is 11.3 Å². The summed E-state index contributed by atoms with van der Waals surface area (Å²) in [5.41, 5.74) is 7.35. The Morgan fingerprint density at radius 1 is 0.548 bits per heavy atom. The van der Waals surface area contributed by atoms with Gasteiger partial charge in [-0.1, -0.05) is 119 Å². The maximum Gasteiger partial charge on any atom is 0.147 e. The average molecular weight is 561 g/mol. The molecule has 0 aliphatic rings. The molecule has 6 aromatic carbocycles. The van der Waals surface area contributed by atoms with Crippen molar-refractivity contribution in [3.8, 4) is 17.1 Å². The molecule has 0 saturated heterocycles. The van der Waals surface area contributed by atoms with Crippen molar-refractivity contribution in [3.05, 3.63) is 120 Å². The zero-order valence-electron chi connectivity index (χ0n) is 24.3. The van der Waals surface area contributed by atoms with Crippen LogP contribution < -0.4 is 0 Å². The molecule has 0 unspecified atom stereocenters. The summed E-state index contributed by atoms with van der Waals surface area (Å²) in [6.07, 6.45) is 0. The van der Waals surface area contributed by atoms with Gasteiger partial charge in [0.05, 0.1) is 16.7 Å². The minimum Gasteiger partial charge on any atom is -0.292 e. The van der Waals surface area contributed by atoms with Crippen LogP contribution in [-0.2, 0) is 0 Å². The van der Waals surface area contributed by atoms with Crippen LogP contribution in [0.3, 0.4) is 0 Å². The van der Waals surface area contributed by atoms with E-state index >= 15 is 0 Å². The van der Waals surface area contributed by atoms with E-state index in [2.05, 4.69) is 141 Å². The lowest BCUT2D eigenvalue weighted by atomic mass is 9.92. The SMILES string of the molecule is CC(C)c1cccc(C(C)C)c1-n1c(-c2cccc3c2sc2c3ccc3c4ccccc4ccc32)nc2ccccc21. The zero-order valence-corrected chi connectivity index (χ0v) is 25.2. The molecule has 3 heteroatoms. The summed E-state index contributed by atoms with van der Waals surface area (Å²) in [6, 6.07) is 40.0. The van der Waals surface area contributed by atoms with Crippen LogP contribution in [0.15, 0.2) is 109 Å². The van der Waals surface area contributed by atoms with E-state index in [9.17, 15) is 0 Å². The number of hydrogen-bond donors (Lipinski definition) is 0. The molecule has 2 aromatic heterocycles. The summed E-state index contributed by atoms with van der Waals surface area (Å²) < 4.78 is 5.08. The van der Waals surface area contributed by atoms with Crippen LogP contribution in [-0.4, -0.2) is 9.55 Å². The van der Waals surface area contributed by atoms with E-state index in [-0.39, 0.29) is 0 Å². The molecule has 8 rings (SSSR count). The molecular weight excluding hydrogens is 529 g/mol. The van der Waals surface area contributed by atoms with Gasteiger partial charge in [-0.3, -0.25) is 4.57 Å². The number of nitrogens with zero attached hydrogens (tertiary/aromatic N) is 2. The molecule has 42 heavy (non-hydrogen) atoms. The molecule has 0 aliphatic carbocycles. The van der Waals surface area contributed by atoms with E-state index in [0.29, 0.717) is 11.8 Å². The van der Waals surface area contributed by atoms with Crippen molar-refractivity contribution >= 4 is 64.1 Å². The summed E-state index contributed by atoms with van der Waals surface area (Å²) in [4.78, 5) is 5.35. The predicted octanol–water partition coefficient (Wildman–Crippen LogP) is 11.6. The van der Waals surface area contributed by atoms with Crippen molar-refractivity contribution < 1.29 is 0 Å². The van der Waals surface area contributed by atoms with Crippen LogP contribution in [0.4, 0.5) is 0 Å². The second kappa shape index (κ2) is 9.54. The highest BCUT2D eigenvalue weighted by atomic mass is 32.1. The number of benzene rings is 6. The minimum atomic E-state index is 0.383. The Morgan fingerprint density at radius 3 is 1.98 bits per heavy atom. The lowest BCUT2D eigenvalue weighted by Crippen LogP contribution is -2.08. The van der Waals surface area contributed by atoms with Crippen LogP contribution in [0.5, 0.6) is 0 Å². The molecule has 0 N–H and O–H groups in total. The van der Waals surface area contributed by atoms with Crippen LogP contribution in [0.25, 0.3) is 69.8 Å². The van der Waals surface area contributed by atoms with Gasteiger partial charge in [-0.25, -0.2) is 4.98 Å². The number of hydrogen-bond acceptors (Lipinski definition) is 2. The van der Waals surface area contributed by atoms with Gasteiger partial charge in [0.2, 0.25) is 0 Å². The lowest BCUT2D eigenvalue weighted by Gasteiger charge is -2.22. The second-order valence-corrected chi connectivity index (χ2v) is 13.0. The molecule has 0 fully saturated rings. The fourth-order valence-corrected chi connectivity index (χ4v) is 8.06. The highest BCUT2D eigenvalue weighted by Gasteiger charge is 2.24. The molecule has 0 atom stereocenters. The van der Waals surface area contributed by atoms with Crippen LogP contribution in [0.2, 0.25) is 0 Å². The first-order valence-electron chi connectivity index (χ1n) is 14.9. The molecule has 0 saturated carbocycles. The molecule has 2 heterocycles. The van der Waals surface area contributed by atoms with Crippen LogP contribution in [0.1, 0.15) is 50.7 Å². The number of rotatable bonds is 4. The third kappa shape index (κ3) is 3.66. The van der Waals surface area contributed by atoms with Gasteiger partial charge in [0.1, 0.15) is 5.82 Å². The molecule has 0 aliphatic heterocycles. The number of thiophene rings is 1. The third-order valence-electron chi connectivity index (χ3n) is 8.75. The van der Waals surface area contributed by atoms with Gasteiger partial charge in [0.25, 0.3) is 0 Å². The molecule has 0 amide bonds. The molecular formula is C39H32N2S. The Balaban J connectivity index is 1.48. The lowest BCUT2D eigenvalue weighted by molar-refractivity contribution is 0.811. The first-order valence-corrected chi connectivity index (χ1v) is 15.7. The maximum atomic E-state index is 5.35. The molecule has 8 aromatic rings. The average Bonchev–Trinajstić information content (AvgIpc) is 3.59. The van der Waals surface area contributed by atoms with Gasteiger partial charge in [0.15, 0.2) is 0 Å². The van der Waals surface area contributed by atoms with Gasteiger partial charge in [-0.05, 0) is 57.3 Å². The quantitative estimate of drug-likeness (QED) is 0.196. The Morgan fingerprint density at radius 2 is 1.17 bits per heavy atom. The number of para-hydroxylation sites is 3. The molecule has 2 nitrogen and oxygen atoms in total. The summed E-state index contributed by atoms with van der Waals surface area (Å²) in [5, 5.41) is 7.83. The van der Waals surface area contributed by atoms with Gasteiger partial charge in [0, 0.05) is 31.1 Å². The van der Waals surface area contributed by atoms with Crippen LogP contribution in [0, 0.1) is 0 Å². The van der Waals surface area contributed by atoms with E-state index in [0.717, 1.165) is 16.9 Å². The Bertz CT molecular complexity index is 2290. The topological polar surface area (TPSA) is 17.8 Å². The number of fused-ring (bicyclic) bond motifs is 8. The van der Waals surface area contributed by atoms with Gasteiger partial charge in [-0.2, -0.15) is 0 Å². The zero-order chi connectivity index (χ0) is 28.5. The van der Waals surface area contributed by atoms with Crippen molar-refractivity contribution in [2.45, 2.75) is 39.5 Å². The van der Waals surface area contributed by atoms with E-state index in [1.54, 1.807) is 0 Å². The third-order valence-corrected chi connectivity index (χ3v) is 10.0. The number of imidazole rings is 1. The van der Waals surface area contributed by atoms with Gasteiger partial charge >= 0.3 is 0 Å². The Kier molecular flexibility index (Phi) is 5.74. The Hall–Kier alpha value is -4.47. The number of aromatic nitrogens is 2. The van der Waals surface area contributed by atoms with E-state index in [4.69, 9.17) is 4.98 Å². The fraction of sp³-hybridized carbons (Fsp3) is 0.154. The summed E-state index contributed by atoms with van der Waals surface area (Å²) in [5.74, 6) is 1.78. The van der Waals surface area contributed by atoms with E-state index in [1.807, 2.05) is 11.3 Å². The molecule has 0 spiro atoms. The smallest absolute Gasteiger partial charge is 0.147 e. The van der Waals surface area contributed by atoms with Crippen molar-refractivity contribution in [2.24, 2.45) is 0 Å². The predicted molar refractivity (Wildman–Crippen MR) is 183 cm³/mol. The first-order chi connectivity index (χ1) is 20.5. The van der Waals surface area contributed by atoms with Crippen molar-refractivity contribution in [1.82, 2.24) is 9.55 Å². The second-order valence-electron chi connectivity index (χ2n) is 12.0. The first kappa shape index (κ1) is 25.3. The van der Waals surface area contributed by atoms with E-state index in [1.165, 1.54) is 64.1 Å². The maximum absolute atomic E-state index is 5.35. The summed E-state index contributed by atoms with van der Waals surface area (Å²) >= 11 is 1.90. The molecule has 0 radical (unpaired) electrons. The highest BCUT2D eigenvalue weighted by molar-refractivity contribution is 7.27. The Labute approximate surface area is 249 Å². The fourth-order valence-electron chi connectivity index (χ4n) is 6.72. The largest absolute Gasteiger partial charge is 0.292 e.